The average molecular weight is 447 g/mol. The Kier molecular flexibility index (Phi) is 7.64. The molecule has 1 saturated carbocycles. The number of pyridine rings is 1. The van der Waals surface area contributed by atoms with Gasteiger partial charge in [-0.15, -0.1) is 0 Å². The van der Waals surface area contributed by atoms with Crippen LogP contribution in [-0.4, -0.2) is 41.6 Å². The summed E-state index contributed by atoms with van der Waals surface area (Å²) in [5.74, 6) is 0.603. The molecule has 0 amide bonds. The number of carbonyl (C=O) groups excluding carboxylic acids is 1. The standard InChI is InChI=1S/C29H38N2O2/c1-22(2)28(32)33-29(15-18-31(3)17-8-10-23-9-7-16-30-21-23)20-25-13-14-26(29)19-27(25)24-11-5-4-6-12-24/h4-7,9,11-12,16,19,21-22,25-26H,8,10,13-15,17-18,20H2,1-3H3/t25-,26-,29+/m0/s1. The van der Waals surface area contributed by atoms with E-state index in [1.54, 1.807) is 0 Å². The summed E-state index contributed by atoms with van der Waals surface area (Å²) in [5, 5.41) is 0. The molecule has 0 N–H and O–H groups in total. The van der Waals surface area contributed by atoms with Crippen LogP contribution in [0.2, 0.25) is 0 Å². The number of aromatic nitrogens is 1. The van der Waals surface area contributed by atoms with Gasteiger partial charge in [0, 0.05) is 31.3 Å². The third-order valence-electron chi connectivity index (χ3n) is 7.44. The minimum Gasteiger partial charge on any atom is -0.458 e. The van der Waals surface area contributed by atoms with Crippen LogP contribution in [0, 0.1) is 17.8 Å². The number of rotatable bonds is 10. The van der Waals surface area contributed by atoms with Crippen LogP contribution in [0.15, 0.2) is 60.9 Å². The van der Waals surface area contributed by atoms with Gasteiger partial charge in [-0.3, -0.25) is 9.78 Å². The molecule has 0 radical (unpaired) electrons. The van der Waals surface area contributed by atoms with E-state index in [0.29, 0.717) is 11.8 Å². The van der Waals surface area contributed by atoms with E-state index < -0.39 is 0 Å². The smallest absolute Gasteiger partial charge is 0.308 e. The van der Waals surface area contributed by atoms with Gasteiger partial charge >= 0.3 is 5.97 Å². The number of nitrogens with zero attached hydrogens (tertiary/aromatic N) is 2. The van der Waals surface area contributed by atoms with Crippen molar-refractivity contribution in [3.05, 3.63) is 72.1 Å². The first-order valence-corrected chi connectivity index (χ1v) is 12.5. The van der Waals surface area contributed by atoms with Crippen LogP contribution in [0.3, 0.4) is 0 Å². The van der Waals surface area contributed by atoms with Crippen LogP contribution < -0.4 is 0 Å². The third kappa shape index (κ3) is 5.73. The van der Waals surface area contributed by atoms with Crippen LogP contribution in [0.25, 0.3) is 5.57 Å². The molecule has 2 aromatic rings. The monoisotopic (exact) mass is 446 g/mol. The van der Waals surface area contributed by atoms with Crippen molar-refractivity contribution in [2.24, 2.45) is 17.8 Å². The van der Waals surface area contributed by atoms with Crippen molar-refractivity contribution in [3.63, 3.8) is 0 Å². The number of ether oxygens (including phenoxy) is 1. The lowest BCUT2D eigenvalue weighted by molar-refractivity contribution is -0.176. The van der Waals surface area contributed by atoms with E-state index in [1.165, 1.54) is 23.1 Å². The summed E-state index contributed by atoms with van der Waals surface area (Å²) in [6.07, 6.45) is 12.5. The van der Waals surface area contributed by atoms with Gasteiger partial charge in [-0.05, 0) is 74.4 Å². The zero-order valence-corrected chi connectivity index (χ0v) is 20.4. The number of aryl methyl sites for hydroxylation is 1. The number of fused-ring (bicyclic) bond motifs is 2. The largest absolute Gasteiger partial charge is 0.458 e. The summed E-state index contributed by atoms with van der Waals surface area (Å²) in [7, 11) is 2.19. The Morgan fingerprint density at radius 1 is 1.15 bits per heavy atom. The molecule has 0 aliphatic heterocycles. The Hall–Kier alpha value is -2.46. The van der Waals surface area contributed by atoms with Crippen molar-refractivity contribution in [2.45, 2.75) is 58.0 Å². The van der Waals surface area contributed by atoms with Gasteiger partial charge in [-0.1, -0.05) is 56.3 Å². The summed E-state index contributed by atoms with van der Waals surface area (Å²) >= 11 is 0. The molecule has 1 heterocycles. The molecule has 3 aliphatic carbocycles. The van der Waals surface area contributed by atoms with Crippen molar-refractivity contribution in [2.75, 3.05) is 20.1 Å². The second-order valence-electron chi connectivity index (χ2n) is 10.2. The maximum Gasteiger partial charge on any atom is 0.308 e. The highest BCUT2D eigenvalue weighted by Crippen LogP contribution is 2.53. The first-order chi connectivity index (χ1) is 16.0. The van der Waals surface area contributed by atoms with Crippen molar-refractivity contribution in [1.82, 2.24) is 9.88 Å². The lowest BCUT2D eigenvalue weighted by Crippen LogP contribution is -2.51. The Morgan fingerprint density at radius 2 is 1.97 bits per heavy atom. The summed E-state index contributed by atoms with van der Waals surface area (Å²) in [6.45, 7) is 5.85. The first-order valence-electron chi connectivity index (χ1n) is 12.5. The molecule has 3 atom stereocenters. The fourth-order valence-electron chi connectivity index (χ4n) is 5.50. The number of benzene rings is 1. The summed E-state index contributed by atoms with van der Waals surface area (Å²) in [5.41, 5.74) is 3.69. The Bertz CT molecular complexity index is 941. The summed E-state index contributed by atoms with van der Waals surface area (Å²) in [6, 6.07) is 14.9. The summed E-state index contributed by atoms with van der Waals surface area (Å²) < 4.78 is 6.36. The van der Waals surface area contributed by atoms with Gasteiger partial charge in [0.25, 0.3) is 0 Å². The molecule has 33 heavy (non-hydrogen) atoms. The molecule has 4 heteroatoms. The fraction of sp³-hybridized carbons (Fsp3) is 0.517. The van der Waals surface area contributed by atoms with Crippen molar-refractivity contribution in [1.29, 1.82) is 0 Å². The average Bonchev–Trinajstić information content (AvgIpc) is 2.84. The van der Waals surface area contributed by atoms with Gasteiger partial charge < -0.3 is 9.64 Å². The molecular weight excluding hydrogens is 408 g/mol. The van der Waals surface area contributed by atoms with Crippen LogP contribution in [0.4, 0.5) is 0 Å². The second kappa shape index (κ2) is 10.6. The van der Waals surface area contributed by atoms with Gasteiger partial charge in [0.2, 0.25) is 0 Å². The quantitative estimate of drug-likeness (QED) is 0.433. The highest BCUT2D eigenvalue weighted by molar-refractivity contribution is 5.73. The first kappa shape index (κ1) is 23.7. The van der Waals surface area contributed by atoms with E-state index in [0.717, 1.165) is 45.2 Å². The van der Waals surface area contributed by atoms with Gasteiger partial charge in [0.1, 0.15) is 5.60 Å². The molecule has 3 aliphatic rings. The predicted octanol–water partition coefficient (Wildman–Crippen LogP) is 5.79. The maximum absolute atomic E-state index is 12.8. The van der Waals surface area contributed by atoms with E-state index >= 15 is 0 Å². The second-order valence-corrected chi connectivity index (χ2v) is 10.2. The summed E-state index contributed by atoms with van der Waals surface area (Å²) in [4.78, 5) is 19.4. The number of carbonyl (C=O) groups is 1. The number of esters is 1. The molecule has 0 unspecified atom stereocenters. The molecule has 1 aromatic heterocycles. The third-order valence-corrected chi connectivity index (χ3v) is 7.44. The highest BCUT2D eigenvalue weighted by Gasteiger charge is 2.50. The number of hydrogen-bond acceptors (Lipinski definition) is 4. The van der Waals surface area contributed by atoms with Crippen LogP contribution >= 0.6 is 0 Å². The molecule has 2 bridgehead atoms. The molecule has 176 valence electrons. The lowest BCUT2D eigenvalue weighted by atomic mass is 9.60. The number of allylic oxidation sites excluding steroid dienone is 1. The molecule has 4 nitrogen and oxygen atoms in total. The van der Waals surface area contributed by atoms with Crippen LogP contribution in [0.5, 0.6) is 0 Å². The van der Waals surface area contributed by atoms with Crippen molar-refractivity contribution in [3.8, 4) is 0 Å². The van der Waals surface area contributed by atoms with Crippen molar-refractivity contribution < 1.29 is 9.53 Å². The Morgan fingerprint density at radius 3 is 2.64 bits per heavy atom. The molecule has 0 saturated heterocycles. The van der Waals surface area contributed by atoms with Crippen LogP contribution in [0.1, 0.15) is 57.1 Å². The van der Waals surface area contributed by atoms with E-state index in [2.05, 4.69) is 59.4 Å². The normalized spacial score (nSPS) is 24.2. The van der Waals surface area contributed by atoms with E-state index in [-0.39, 0.29) is 17.5 Å². The zero-order valence-electron chi connectivity index (χ0n) is 20.4. The molecular formula is C29H38N2O2. The molecule has 1 aromatic carbocycles. The maximum atomic E-state index is 12.8. The molecule has 1 fully saturated rings. The van der Waals surface area contributed by atoms with Gasteiger partial charge in [0.05, 0.1) is 5.92 Å². The van der Waals surface area contributed by atoms with E-state index in [4.69, 9.17) is 4.74 Å². The minimum atomic E-state index is -0.375. The lowest BCUT2D eigenvalue weighted by Gasteiger charge is -2.50. The Labute approximate surface area is 199 Å². The van der Waals surface area contributed by atoms with E-state index in [9.17, 15) is 4.79 Å². The number of hydrogen-bond donors (Lipinski definition) is 0. The van der Waals surface area contributed by atoms with Gasteiger partial charge in [-0.25, -0.2) is 0 Å². The fourth-order valence-corrected chi connectivity index (χ4v) is 5.50. The van der Waals surface area contributed by atoms with E-state index in [1.807, 2.05) is 32.3 Å². The van der Waals surface area contributed by atoms with Crippen molar-refractivity contribution >= 4 is 11.5 Å². The topological polar surface area (TPSA) is 42.4 Å². The van der Waals surface area contributed by atoms with Gasteiger partial charge in [0.15, 0.2) is 0 Å². The Balaban J connectivity index is 1.43. The predicted molar refractivity (Wildman–Crippen MR) is 134 cm³/mol. The molecule has 5 rings (SSSR count). The SMILES string of the molecule is CC(C)C(=O)O[C@]1(CCN(C)CCCc2cccnc2)C[C@@H]2CC[C@H]1C=C2c1ccccc1. The zero-order chi connectivity index (χ0) is 23.3. The van der Waals surface area contributed by atoms with Gasteiger partial charge in [-0.2, -0.15) is 0 Å². The molecule has 0 spiro atoms. The van der Waals surface area contributed by atoms with Crippen LogP contribution in [-0.2, 0) is 16.0 Å². The minimum absolute atomic E-state index is 0.0589. The highest BCUT2D eigenvalue weighted by atomic mass is 16.6.